The Balaban J connectivity index is 1.75. The fourth-order valence-electron chi connectivity index (χ4n) is 3.53. The van der Waals surface area contributed by atoms with Gasteiger partial charge >= 0.3 is 0 Å². The van der Waals surface area contributed by atoms with Crippen LogP contribution in [0.4, 0.5) is 5.69 Å². The van der Waals surface area contributed by atoms with Gasteiger partial charge in [-0.3, -0.25) is 9.69 Å². The Hall–Kier alpha value is -2.28. The first-order valence-electron chi connectivity index (χ1n) is 8.83. The smallest absolute Gasteiger partial charge is 0.251 e. The number of carbonyl (C=O) groups excluding carboxylic acids is 1. The van der Waals surface area contributed by atoms with E-state index in [-0.39, 0.29) is 5.91 Å². The molecule has 4 rings (SSSR count). The molecular formula is C22H19NO2S3. The average molecular weight is 426 g/mol. The van der Waals surface area contributed by atoms with Crippen LogP contribution in [0.3, 0.4) is 0 Å². The molecule has 6 heteroatoms. The van der Waals surface area contributed by atoms with Crippen molar-refractivity contribution in [3.05, 3.63) is 68.9 Å². The Morgan fingerprint density at radius 3 is 2.54 bits per heavy atom. The van der Waals surface area contributed by atoms with Gasteiger partial charge in [0.15, 0.2) is 0 Å². The van der Waals surface area contributed by atoms with Gasteiger partial charge in [0, 0.05) is 17.2 Å². The highest BCUT2D eigenvalue weighted by Crippen LogP contribution is 2.51. The topological polar surface area (TPSA) is 29.5 Å². The molecule has 2 aromatic carbocycles. The highest BCUT2D eigenvalue weighted by Gasteiger charge is 2.42. The molecule has 28 heavy (non-hydrogen) atoms. The number of fused-ring (bicyclic) bond motifs is 3. The fraction of sp³-hybridized carbons (Fsp3) is 0.182. The summed E-state index contributed by atoms with van der Waals surface area (Å²) < 4.78 is 6.08. The van der Waals surface area contributed by atoms with Gasteiger partial charge in [-0.05, 0) is 43.7 Å². The number of ether oxygens (including phenoxy) is 1. The van der Waals surface area contributed by atoms with E-state index in [0.717, 1.165) is 36.8 Å². The van der Waals surface area contributed by atoms with Gasteiger partial charge in [-0.2, -0.15) is 0 Å². The summed E-state index contributed by atoms with van der Waals surface area (Å²) in [4.78, 5) is 16.3. The number of rotatable bonds is 3. The average Bonchev–Trinajstić information content (AvgIpc) is 3.09. The maximum absolute atomic E-state index is 13.3. The molecule has 3 aromatic rings. The Labute approximate surface area is 176 Å². The van der Waals surface area contributed by atoms with E-state index < -0.39 is 5.54 Å². The standard InChI is InChI=1S/C22H19NO2S3/c1-22(2)20-19(21(26)28-27-20)16-6-4-5-7-17(16)23(22)18(24)13-10-14-8-11-15(25-3)12-9-14/h4-13H,1-3H3. The molecule has 2 heterocycles. The second-order valence-electron chi connectivity index (χ2n) is 7.01. The second kappa shape index (κ2) is 7.28. The van der Waals surface area contributed by atoms with Crippen molar-refractivity contribution >= 4 is 50.6 Å². The Morgan fingerprint density at radius 1 is 1.11 bits per heavy atom. The van der Waals surface area contributed by atoms with Gasteiger partial charge in [0.05, 0.1) is 23.2 Å². The van der Waals surface area contributed by atoms with Crippen LogP contribution >= 0.6 is 32.9 Å². The SMILES string of the molecule is COc1ccc(C=CC(=O)N2c3ccccc3-c3c(ssc3=S)C2(C)C)cc1. The zero-order valence-corrected chi connectivity index (χ0v) is 18.2. The van der Waals surface area contributed by atoms with E-state index in [1.54, 1.807) is 33.9 Å². The van der Waals surface area contributed by atoms with Crippen molar-refractivity contribution in [2.45, 2.75) is 19.4 Å². The first kappa shape index (κ1) is 19.1. The minimum Gasteiger partial charge on any atom is -0.497 e. The molecule has 0 fully saturated rings. The first-order valence-corrected chi connectivity index (χ1v) is 11.4. The fourth-order valence-corrected chi connectivity index (χ4v) is 6.81. The van der Waals surface area contributed by atoms with Crippen LogP contribution in [0.2, 0.25) is 0 Å². The molecule has 1 aliphatic heterocycles. The van der Waals surface area contributed by atoms with Gasteiger partial charge in [0.25, 0.3) is 5.91 Å². The normalized spacial score (nSPS) is 14.6. The lowest BCUT2D eigenvalue weighted by atomic mass is 9.87. The van der Waals surface area contributed by atoms with Gasteiger partial charge in [-0.25, -0.2) is 0 Å². The van der Waals surface area contributed by atoms with E-state index in [2.05, 4.69) is 13.8 Å². The predicted molar refractivity (Wildman–Crippen MR) is 121 cm³/mol. The summed E-state index contributed by atoms with van der Waals surface area (Å²) in [7, 11) is 4.91. The molecule has 0 spiro atoms. The van der Waals surface area contributed by atoms with E-state index >= 15 is 0 Å². The van der Waals surface area contributed by atoms with Crippen molar-refractivity contribution in [3.8, 4) is 16.9 Å². The van der Waals surface area contributed by atoms with Crippen LogP contribution in [0, 0.1) is 3.82 Å². The number of methoxy groups -OCH3 is 1. The first-order chi connectivity index (χ1) is 13.4. The van der Waals surface area contributed by atoms with Crippen molar-refractivity contribution in [2.75, 3.05) is 12.0 Å². The number of benzene rings is 2. The van der Waals surface area contributed by atoms with E-state index in [4.69, 9.17) is 17.0 Å². The van der Waals surface area contributed by atoms with Gasteiger partial charge in [0.1, 0.15) is 9.57 Å². The summed E-state index contributed by atoms with van der Waals surface area (Å²) in [6, 6.07) is 15.6. The maximum Gasteiger partial charge on any atom is 0.251 e. The predicted octanol–water partition coefficient (Wildman–Crippen LogP) is 6.51. The molecule has 1 aromatic heterocycles. The lowest BCUT2D eigenvalue weighted by Gasteiger charge is -2.42. The van der Waals surface area contributed by atoms with Crippen LogP contribution in [-0.4, -0.2) is 13.0 Å². The van der Waals surface area contributed by atoms with Crippen LogP contribution in [0.5, 0.6) is 5.75 Å². The largest absolute Gasteiger partial charge is 0.497 e. The van der Waals surface area contributed by atoms with Gasteiger partial charge < -0.3 is 4.74 Å². The zero-order chi connectivity index (χ0) is 19.9. The quantitative estimate of drug-likeness (QED) is 0.272. The van der Waals surface area contributed by atoms with E-state index in [1.807, 2.05) is 59.5 Å². The number of para-hydroxylation sites is 1. The molecule has 0 radical (unpaired) electrons. The summed E-state index contributed by atoms with van der Waals surface area (Å²) >= 11 is 5.59. The third-order valence-corrected chi connectivity index (χ3v) is 8.25. The minimum absolute atomic E-state index is 0.0526. The molecular weight excluding hydrogens is 406 g/mol. The highest BCUT2D eigenvalue weighted by atomic mass is 32.9. The van der Waals surface area contributed by atoms with Crippen LogP contribution in [0.25, 0.3) is 17.2 Å². The summed E-state index contributed by atoms with van der Waals surface area (Å²) in [5, 5.41) is 0. The van der Waals surface area contributed by atoms with Crippen LogP contribution in [-0.2, 0) is 10.3 Å². The van der Waals surface area contributed by atoms with Crippen LogP contribution in [0.15, 0.2) is 54.6 Å². The van der Waals surface area contributed by atoms with Crippen molar-refractivity contribution < 1.29 is 9.53 Å². The van der Waals surface area contributed by atoms with Gasteiger partial charge in [-0.15, -0.1) is 0 Å². The van der Waals surface area contributed by atoms with Crippen molar-refractivity contribution in [3.63, 3.8) is 0 Å². The molecule has 0 N–H and O–H groups in total. The molecule has 0 unspecified atom stereocenters. The maximum atomic E-state index is 13.3. The Bertz CT molecular complexity index is 1120. The minimum atomic E-state index is -0.469. The molecule has 1 amide bonds. The molecule has 0 atom stereocenters. The summed E-state index contributed by atoms with van der Waals surface area (Å²) in [6.45, 7) is 4.16. The van der Waals surface area contributed by atoms with Crippen LogP contribution in [0.1, 0.15) is 24.3 Å². The molecule has 0 aliphatic carbocycles. The third kappa shape index (κ3) is 3.11. The molecule has 0 saturated carbocycles. The number of carbonyl (C=O) groups is 1. The lowest BCUT2D eigenvalue weighted by molar-refractivity contribution is -0.115. The highest BCUT2D eigenvalue weighted by molar-refractivity contribution is 7.80. The molecule has 142 valence electrons. The molecule has 0 saturated heterocycles. The number of anilines is 1. The summed E-state index contributed by atoms with van der Waals surface area (Å²) in [5.41, 5.74) is 3.52. The van der Waals surface area contributed by atoms with E-state index in [1.165, 1.54) is 0 Å². The van der Waals surface area contributed by atoms with Crippen molar-refractivity contribution in [2.24, 2.45) is 0 Å². The van der Waals surface area contributed by atoms with E-state index in [0.29, 0.717) is 0 Å². The zero-order valence-electron chi connectivity index (χ0n) is 15.8. The van der Waals surface area contributed by atoms with Crippen molar-refractivity contribution in [1.82, 2.24) is 0 Å². The number of hydrogen-bond donors (Lipinski definition) is 0. The Kier molecular flexibility index (Phi) is 4.95. The van der Waals surface area contributed by atoms with E-state index in [9.17, 15) is 4.79 Å². The Morgan fingerprint density at radius 2 is 1.82 bits per heavy atom. The monoisotopic (exact) mass is 425 g/mol. The number of amides is 1. The second-order valence-corrected chi connectivity index (χ2v) is 9.83. The molecule has 0 bridgehead atoms. The van der Waals surface area contributed by atoms with Gasteiger partial charge in [0.2, 0.25) is 0 Å². The summed E-state index contributed by atoms with van der Waals surface area (Å²) in [5.74, 6) is 0.740. The molecule has 3 nitrogen and oxygen atoms in total. The summed E-state index contributed by atoms with van der Waals surface area (Å²) in [6.07, 6.45) is 3.47. The van der Waals surface area contributed by atoms with Gasteiger partial charge in [-0.1, -0.05) is 63.2 Å². The molecule has 1 aliphatic rings. The third-order valence-electron chi connectivity index (χ3n) is 4.92. The number of hydrogen-bond acceptors (Lipinski definition) is 5. The van der Waals surface area contributed by atoms with Crippen molar-refractivity contribution in [1.29, 1.82) is 0 Å². The lowest BCUT2D eigenvalue weighted by Crippen LogP contribution is -2.47. The number of nitrogens with zero attached hydrogens (tertiary/aromatic N) is 1. The van der Waals surface area contributed by atoms with Crippen LogP contribution < -0.4 is 9.64 Å².